The molecule has 1 amide bonds. The van der Waals surface area contributed by atoms with Crippen molar-refractivity contribution < 1.29 is 18.7 Å². The molecule has 0 saturated carbocycles. The number of aromatic amines is 1. The van der Waals surface area contributed by atoms with E-state index in [1.54, 1.807) is 36.5 Å². The summed E-state index contributed by atoms with van der Waals surface area (Å²) in [6, 6.07) is 12.6. The van der Waals surface area contributed by atoms with E-state index in [1.807, 2.05) is 11.0 Å². The van der Waals surface area contributed by atoms with Crippen LogP contribution in [0.25, 0.3) is 11.3 Å². The van der Waals surface area contributed by atoms with Gasteiger partial charge in [0.2, 0.25) is 0 Å². The van der Waals surface area contributed by atoms with E-state index in [-0.39, 0.29) is 17.8 Å². The number of methoxy groups -OCH3 is 1. The number of carbonyl (C=O) groups excluding carboxylic acids is 2. The molecule has 154 valence electrons. The third-order valence-electron chi connectivity index (χ3n) is 5.36. The highest BCUT2D eigenvalue weighted by Gasteiger charge is 2.30. The first-order valence-electron chi connectivity index (χ1n) is 9.87. The van der Waals surface area contributed by atoms with Crippen LogP contribution in [0.4, 0.5) is 4.39 Å². The number of benzene rings is 2. The molecule has 1 saturated heterocycles. The van der Waals surface area contributed by atoms with Gasteiger partial charge in [0.25, 0.3) is 5.91 Å². The van der Waals surface area contributed by atoms with Gasteiger partial charge in [-0.3, -0.25) is 4.79 Å². The van der Waals surface area contributed by atoms with E-state index in [0.29, 0.717) is 34.8 Å². The van der Waals surface area contributed by atoms with Crippen molar-refractivity contribution in [3.05, 3.63) is 77.5 Å². The van der Waals surface area contributed by atoms with Crippen molar-refractivity contribution >= 4 is 11.9 Å². The third kappa shape index (κ3) is 3.96. The first-order valence-corrected chi connectivity index (χ1v) is 9.87. The maximum absolute atomic E-state index is 13.6. The summed E-state index contributed by atoms with van der Waals surface area (Å²) in [7, 11) is 1.32. The van der Waals surface area contributed by atoms with Crippen LogP contribution in [0.1, 0.15) is 51.8 Å². The van der Waals surface area contributed by atoms with Crippen LogP contribution < -0.4 is 0 Å². The fourth-order valence-electron chi connectivity index (χ4n) is 3.80. The van der Waals surface area contributed by atoms with Crippen LogP contribution in [0.15, 0.2) is 54.7 Å². The molecule has 0 spiro atoms. The number of rotatable bonds is 4. The standard InChI is InChI=1S/C23H22FN3O3/c1-30-23(29)16-10-8-15(9-11-16)22(28)27-12-3-2-7-20(27)21-25-14-19(26-21)17-5-4-6-18(24)13-17/h4-6,8-11,13-14,20H,2-3,7,12H2,1H3,(H,25,26)/t20-/m0/s1. The molecular weight excluding hydrogens is 385 g/mol. The third-order valence-corrected chi connectivity index (χ3v) is 5.36. The van der Waals surface area contributed by atoms with E-state index < -0.39 is 5.97 Å². The zero-order chi connectivity index (χ0) is 21.1. The van der Waals surface area contributed by atoms with Gasteiger partial charge in [-0.25, -0.2) is 14.2 Å². The van der Waals surface area contributed by atoms with Crippen LogP contribution in [0, 0.1) is 5.82 Å². The molecule has 2 heterocycles. The Kier molecular flexibility index (Phi) is 5.61. The van der Waals surface area contributed by atoms with Gasteiger partial charge in [-0.1, -0.05) is 12.1 Å². The predicted octanol–water partition coefficient (Wildman–Crippen LogP) is 4.37. The second-order valence-corrected chi connectivity index (χ2v) is 7.27. The highest BCUT2D eigenvalue weighted by molar-refractivity contribution is 5.96. The lowest BCUT2D eigenvalue weighted by Gasteiger charge is -2.34. The number of hydrogen-bond donors (Lipinski definition) is 1. The number of aromatic nitrogens is 2. The lowest BCUT2D eigenvalue weighted by Crippen LogP contribution is -2.39. The van der Waals surface area contributed by atoms with Gasteiger partial charge < -0.3 is 14.6 Å². The minimum absolute atomic E-state index is 0.111. The number of ether oxygens (including phenoxy) is 1. The van der Waals surface area contributed by atoms with E-state index in [4.69, 9.17) is 4.74 Å². The second kappa shape index (κ2) is 8.49. The number of nitrogens with one attached hydrogen (secondary N) is 1. The fourth-order valence-corrected chi connectivity index (χ4v) is 3.80. The molecule has 1 N–H and O–H groups in total. The molecule has 3 aromatic rings. The Morgan fingerprint density at radius 3 is 2.63 bits per heavy atom. The first kappa shape index (κ1) is 19.8. The number of halogens is 1. The molecule has 2 aromatic carbocycles. The molecule has 6 nitrogen and oxygen atoms in total. The van der Waals surface area contributed by atoms with E-state index in [2.05, 4.69) is 9.97 Å². The Morgan fingerprint density at radius 1 is 1.13 bits per heavy atom. The minimum atomic E-state index is -0.440. The molecule has 7 heteroatoms. The average molecular weight is 407 g/mol. The fraction of sp³-hybridized carbons (Fsp3) is 0.261. The van der Waals surface area contributed by atoms with Crippen LogP contribution in [-0.4, -0.2) is 40.4 Å². The molecule has 0 bridgehead atoms. The van der Waals surface area contributed by atoms with Crippen molar-refractivity contribution in [1.29, 1.82) is 0 Å². The zero-order valence-electron chi connectivity index (χ0n) is 16.6. The van der Waals surface area contributed by atoms with Gasteiger partial charge in [0.05, 0.1) is 30.6 Å². The molecule has 1 fully saturated rings. The number of hydrogen-bond acceptors (Lipinski definition) is 4. The number of carbonyl (C=O) groups is 2. The summed E-state index contributed by atoms with van der Waals surface area (Å²) in [4.78, 5) is 34.4. The molecule has 0 radical (unpaired) electrons. The Hall–Kier alpha value is -3.48. The predicted molar refractivity (Wildman–Crippen MR) is 109 cm³/mol. The maximum Gasteiger partial charge on any atom is 0.337 e. The monoisotopic (exact) mass is 407 g/mol. The first-order chi connectivity index (χ1) is 14.6. The zero-order valence-corrected chi connectivity index (χ0v) is 16.6. The smallest absolute Gasteiger partial charge is 0.337 e. The number of likely N-dealkylation sites (tertiary alicyclic amines) is 1. The van der Waals surface area contributed by atoms with Crippen molar-refractivity contribution in [2.45, 2.75) is 25.3 Å². The van der Waals surface area contributed by atoms with Crippen LogP contribution in [0.3, 0.4) is 0 Å². The lowest BCUT2D eigenvalue weighted by atomic mass is 10.00. The number of H-pyrrole nitrogens is 1. The molecule has 30 heavy (non-hydrogen) atoms. The highest BCUT2D eigenvalue weighted by Crippen LogP contribution is 2.32. The van der Waals surface area contributed by atoms with Crippen LogP contribution in [0.5, 0.6) is 0 Å². The van der Waals surface area contributed by atoms with Crippen molar-refractivity contribution in [3.8, 4) is 11.3 Å². The van der Waals surface area contributed by atoms with Crippen LogP contribution in [0.2, 0.25) is 0 Å². The van der Waals surface area contributed by atoms with E-state index in [1.165, 1.54) is 19.2 Å². The highest BCUT2D eigenvalue weighted by atomic mass is 19.1. The summed E-state index contributed by atoms with van der Waals surface area (Å²) >= 11 is 0. The summed E-state index contributed by atoms with van der Waals surface area (Å²) in [5.41, 5.74) is 2.33. The van der Waals surface area contributed by atoms with Gasteiger partial charge in [0.1, 0.15) is 11.6 Å². The average Bonchev–Trinajstić information content (AvgIpc) is 3.28. The Bertz CT molecular complexity index is 1060. The summed E-state index contributed by atoms with van der Waals surface area (Å²) in [6.07, 6.45) is 4.38. The Labute approximate surface area is 173 Å². The quantitative estimate of drug-likeness (QED) is 0.652. The summed E-state index contributed by atoms with van der Waals surface area (Å²) < 4.78 is 18.3. The summed E-state index contributed by atoms with van der Waals surface area (Å²) in [5, 5.41) is 0. The largest absolute Gasteiger partial charge is 0.465 e. The Morgan fingerprint density at radius 2 is 1.90 bits per heavy atom. The lowest BCUT2D eigenvalue weighted by molar-refractivity contribution is 0.0588. The van der Waals surface area contributed by atoms with E-state index in [9.17, 15) is 14.0 Å². The molecule has 4 rings (SSSR count). The number of piperidine rings is 1. The SMILES string of the molecule is COC(=O)c1ccc(C(=O)N2CCCC[C@H]2c2ncc(-c3cccc(F)c3)[nH]2)cc1. The topological polar surface area (TPSA) is 75.3 Å². The van der Waals surface area contributed by atoms with Crippen molar-refractivity contribution in [2.24, 2.45) is 0 Å². The van der Waals surface area contributed by atoms with E-state index in [0.717, 1.165) is 19.3 Å². The molecule has 0 unspecified atom stereocenters. The van der Waals surface area contributed by atoms with Gasteiger partial charge in [-0.15, -0.1) is 0 Å². The van der Waals surface area contributed by atoms with Gasteiger partial charge in [-0.05, 0) is 55.7 Å². The number of nitrogens with zero attached hydrogens (tertiary/aromatic N) is 2. The Balaban J connectivity index is 1.57. The number of amides is 1. The molecular formula is C23H22FN3O3. The molecule has 1 aliphatic rings. The van der Waals surface area contributed by atoms with Crippen molar-refractivity contribution in [1.82, 2.24) is 14.9 Å². The van der Waals surface area contributed by atoms with Gasteiger partial charge in [0, 0.05) is 17.7 Å². The molecule has 0 aliphatic carbocycles. The summed E-state index contributed by atoms with van der Waals surface area (Å²) in [6.45, 7) is 0.623. The van der Waals surface area contributed by atoms with Crippen LogP contribution in [-0.2, 0) is 4.74 Å². The maximum atomic E-state index is 13.6. The van der Waals surface area contributed by atoms with Gasteiger partial charge in [0.15, 0.2) is 0 Å². The number of imidazole rings is 1. The normalized spacial score (nSPS) is 16.3. The van der Waals surface area contributed by atoms with E-state index >= 15 is 0 Å². The van der Waals surface area contributed by atoms with Crippen molar-refractivity contribution in [2.75, 3.05) is 13.7 Å². The molecule has 1 aromatic heterocycles. The van der Waals surface area contributed by atoms with Gasteiger partial charge in [-0.2, -0.15) is 0 Å². The number of esters is 1. The molecule has 1 aliphatic heterocycles. The second-order valence-electron chi connectivity index (χ2n) is 7.27. The molecule has 1 atom stereocenters. The van der Waals surface area contributed by atoms with Crippen molar-refractivity contribution in [3.63, 3.8) is 0 Å². The minimum Gasteiger partial charge on any atom is -0.465 e. The summed E-state index contributed by atoms with van der Waals surface area (Å²) in [5.74, 6) is -0.174. The van der Waals surface area contributed by atoms with Gasteiger partial charge >= 0.3 is 5.97 Å². The van der Waals surface area contributed by atoms with Crippen LogP contribution >= 0.6 is 0 Å².